The van der Waals surface area contributed by atoms with E-state index in [1.54, 1.807) is 52.7 Å². The van der Waals surface area contributed by atoms with Crippen LogP contribution in [0.2, 0.25) is 0 Å². The number of ether oxygens (including phenoxy) is 4. The second-order valence-electron chi connectivity index (χ2n) is 12.2. The molecule has 4 aromatic carbocycles. The maximum Gasteiger partial charge on any atom is 0.213 e. The summed E-state index contributed by atoms with van der Waals surface area (Å²) in [6, 6.07) is 18.5. The third-order valence-electron chi connectivity index (χ3n) is 9.21. The molecule has 8 rings (SSSR count). The van der Waals surface area contributed by atoms with E-state index in [1.165, 1.54) is 0 Å². The molecule has 0 aliphatic carbocycles. The van der Waals surface area contributed by atoms with Gasteiger partial charge in [0.25, 0.3) is 0 Å². The number of fused-ring (bicyclic) bond motifs is 8. The quantitative estimate of drug-likeness (QED) is 0.0867. The molecule has 0 fully saturated rings. The average molecular weight is 745 g/mol. The van der Waals surface area contributed by atoms with Crippen LogP contribution in [0.15, 0.2) is 73.1 Å². The second-order valence-corrected chi connectivity index (χ2v) is 13.0. The summed E-state index contributed by atoms with van der Waals surface area (Å²) in [7, 11) is 1.36. The summed E-state index contributed by atoms with van der Waals surface area (Å²) in [5, 5.41) is 43.2. The third kappa shape index (κ3) is 7.35. The number of pyridine rings is 2. The molecule has 6 aromatic rings. The van der Waals surface area contributed by atoms with E-state index < -0.39 is 10.4 Å². The summed E-state index contributed by atoms with van der Waals surface area (Å²) in [4.78, 5) is 0. The maximum atomic E-state index is 9.87. The van der Waals surface area contributed by atoms with Gasteiger partial charge in [-0.15, -0.1) is 0 Å². The minimum Gasteiger partial charge on any atom is -0.759 e. The second kappa shape index (κ2) is 14.5. The molecule has 0 bridgehead atoms. The van der Waals surface area contributed by atoms with Crippen LogP contribution in [0, 0.1) is 0 Å². The molecule has 2 aliphatic heterocycles. The zero-order chi connectivity index (χ0) is 38.2. The van der Waals surface area contributed by atoms with E-state index in [2.05, 4.69) is 33.7 Å². The molecule has 0 saturated heterocycles. The molecule has 15 heteroatoms. The number of aromatic hydroxyl groups is 4. The molecule has 0 atom stereocenters. The number of rotatable bonds is 4. The Labute approximate surface area is 304 Å². The Bertz CT molecular complexity index is 2340. The van der Waals surface area contributed by atoms with E-state index >= 15 is 0 Å². The standard InChI is InChI=1S/2C19H17NO4.H2O4S/c2*1-23-18-4-3-11-7-15-13-9-17(22)16(21)8-12(13)5-6-20(15)10-14(11)19(18)24-2;1-5(2,3)4/h2*3-4,7-10,22H,5-6H2,1-2H3;(H2,1,2,3,4). The first kappa shape index (κ1) is 36.8. The Morgan fingerprint density at radius 2 is 0.925 bits per heavy atom. The van der Waals surface area contributed by atoms with Crippen molar-refractivity contribution < 1.29 is 66.0 Å². The molecule has 276 valence electrons. The van der Waals surface area contributed by atoms with Crippen molar-refractivity contribution in [2.75, 3.05) is 28.4 Å². The lowest BCUT2D eigenvalue weighted by molar-refractivity contribution is -0.686. The van der Waals surface area contributed by atoms with Crippen molar-refractivity contribution in [3.8, 4) is 68.5 Å². The lowest BCUT2D eigenvalue weighted by Crippen LogP contribution is -2.40. The molecular weight excluding hydrogens is 708 g/mol. The van der Waals surface area contributed by atoms with Gasteiger partial charge in [-0.3, -0.25) is 8.42 Å². The van der Waals surface area contributed by atoms with E-state index in [4.69, 9.17) is 36.5 Å². The Morgan fingerprint density at radius 3 is 1.26 bits per heavy atom. The molecule has 0 amide bonds. The van der Waals surface area contributed by atoms with Crippen molar-refractivity contribution in [3.63, 3.8) is 0 Å². The van der Waals surface area contributed by atoms with Crippen LogP contribution in [0.1, 0.15) is 11.1 Å². The Morgan fingerprint density at radius 1 is 0.566 bits per heavy atom. The zero-order valence-electron chi connectivity index (χ0n) is 29.1. The molecule has 4 N–H and O–H groups in total. The fourth-order valence-corrected chi connectivity index (χ4v) is 6.81. The number of hydrogen-bond donors (Lipinski definition) is 4. The molecule has 4 heterocycles. The molecule has 2 aliphatic rings. The minimum absolute atomic E-state index is 0.0746. The molecular formula is C38H36N2O12S. The number of aromatic nitrogens is 2. The lowest BCUT2D eigenvalue weighted by atomic mass is 9.95. The first-order chi connectivity index (χ1) is 25.2. The highest BCUT2D eigenvalue weighted by molar-refractivity contribution is 7.79. The summed E-state index contributed by atoms with van der Waals surface area (Å²) in [5.74, 6) is 2.47. The first-order valence-electron chi connectivity index (χ1n) is 16.2. The van der Waals surface area contributed by atoms with Crippen LogP contribution in [0.4, 0.5) is 0 Å². The first-order valence-corrected chi connectivity index (χ1v) is 17.5. The van der Waals surface area contributed by atoms with E-state index in [1.807, 2.05) is 24.3 Å². The van der Waals surface area contributed by atoms with Crippen LogP contribution >= 0.6 is 0 Å². The van der Waals surface area contributed by atoms with Gasteiger partial charge in [0, 0.05) is 35.4 Å². The topological polar surface area (TPSA) is 206 Å². The fourth-order valence-electron chi connectivity index (χ4n) is 6.81. The SMILES string of the molecule is COc1ccc2cc3[n+](cc2c1OC)CCc1cc(O)c(O)cc1-3.COc1ccc2cc3[n+](cc2c1OC)CCc1cc(O)c(O)cc1-3.O=S(=O)([O-])[O-]. The summed E-state index contributed by atoms with van der Waals surface area (Å²) in [6.45, 7) is 1.59. The van der Waals surface area contributed by atoms with Crippen LogP contribution in [-0.4, -0.2) is 66.4 Å². The van der Waals surface area contributed by atoms with Crippen LogP contribution in [0.25, 0.3) is 44.1 Å². The van der Waals surface area contributed by atoms with Crippen LogP contribution in [0.5, 0.6) is 46.0 Å². The zero-order valence-corrected chi connectivity index (χ0v) is 29.9. The number of phenols is 4. The lowest BCUT2D eigenvalue weighted by Gasteiger charge is -2.17. The highest BCUT2D eigenvalue weighted by Crippen LogP contribution is 2.41. The van der Waals surface area contributed by atoms with Gasteiger partial charge in [0.05, 0.1) is 50.3 Å². The monoisotopic (exact) mass is 744 g/mol. The van der Waals surface area contributed by atoms with Crippen molar-refractivity contribution in [1.82, 2.24) is 0 Å². The highest BCUT2D eigenvalue weighted by atomic mass is 32.3. The van der Waals surface area contributed by atoms with Crippen molar-refractivity contribution >= 4 is 31.9 Å². The van der Waals surface area contributed by atoms with Gasteiger partial charge >= 0.3 is 0 Å². The largest absolute Gasteiger partial charge is 0.759 e. The Balaban J connectivity index is 0.000000161. The maximum absolute atomic E-state index is 9.87. The van der Waals surface area contributed by atoms with Crippen molar-refractivity contribution in [3.05, 3.63) is 84.2 Å². The number of hydrogen-bond acceptors (Lipinski definition) is 12. The smallest absolute Gasteiger partial charge is 0.213 e. The van der Waals surface area contributed by atoms with Crippen molar-refractivity contribution in [1.29, 1.82) is 0 Å². The summed E-state index contributed by atoms with van der Waals surface area (Å²) < 4.78 is 60.2. The van der Waals surface area contributed by atoms with Crippen LogP contribution < -0.4 is 28.1 Å². The van der Waals surface area contributed by atoms with Gasteiger partial charge in [-0.2, -0.15) is 9.13 Å². The van der Waals surface area contributed by atoms with Gasteiger partial charge in [-0.05, 0) is 70.4 Å². The predicted octanol–water partition coefficient (Wildman–Crippen LogP) is 4.22. The fraction of sp³-hybridized carbons (Fsp3) is 0.211. The molecule has 0 saturated carbocycles. The Hall–Kier alpha value is -6.03. The third-order valence-corrected chi connectivity index (χ3v) is 9.21. The predicted molar refractivity (Wildman–Crippen MR) is 190 cm³/mol. The number of aryl methyl sites for hydroxylation is 4. The Kier molecular flexibility index (Phi) is 10.1. The molecule has 0 radical (unpaired) electrons. The average Bonchev–Trinajstić information content (AvgIpc) is 3.13. The number of methoxy groups -OCH3 is 4. The van der Waals surface area contributed by atoms with Crippen LogP contribution in [-0.2, 0) is 36.3 Å². The molecule has 0 unspecified atom stereocenters. The van der Waals surface area contributed by atoms with Crippen LogP contribution in [0.3, 0.4) is 0 Å². The number of nitrogens with zero attached hydrogens (tertiary/aromatic N) is 2. The summed E-state index contributed by atoms with van der Waals surface area (Å²) in [6.07, 6.45) is 5.69. The molecule has 0 spiro atoms. The highest BCUT2D eigenvalue weighted by Gasteiger charge is 2.28. The van der Waals surface area contributed by atoms with Gasteiger partial charge < -0.3 is 48.5 Å². The molecule has 53 heavy (non-hydrogen) atoms. The van der Waals surface area contributed by atoms with Gasteiger partial charge in [-0.25, -0.2) is 0 Å². The molecule has 2 aromatic heterocycles. The van der Waals surface area contributed by atoms with E-state index in [-0.39, 0.29) is 23.0 Å². The van der Waals surface area contributed by atoms with Crippen molar-refractivity contribution in [2.45, 2.75) is 25.9 Å². The minimum atomic E-state index is -5.17. The number of phenolic OH excluding ortho intramolecular Hbond substituents is 4. The number of benzene rings is 4. The molecule has 14 nitrogen and oxygen atoms in total. The van der Waals surface area contributed by atoms with Crippen molar-refractivity contribution in [2.24, 2.45) is 0 Å². The van der Waals surface area contributed by atoms with E-state index in [0.717, 1.165) is 81.1 Å². The van der Waals surface area contributed by atoms with Gasteiger partial charge in [0.2, 0.25) is 11.4 Å². The van der Waals surface area contributed by atoms with E-state index in [0.29, 0.717) is 23.0 Å². The summed E-state index contributed by atoms with van der Waals surface area (Å²) >= 11 is 0. The normalized spacial score (nSPS) is 12.5. The van der Waals surface area contributed by atoms with Gasteiger partial charge in [0.1, 0.15) is 0 Å². The van der Waals surface area contributed by atoms with E-state index in [9.17, 15) is 20.4 Å². The van der Waals surface area contributed by atoms with Gasteiger partial charge in [0.15, 0.2) is 71.5 Å². The van der Waals surface area contributed by atoms with Gasteiger partial charge in [-0.1, -0.05) is 0 Å². The summed E-state index contributed by atoms with van der Waals surface area (Å²) in [5.41, 5.74) is 5.95.